The van der Waals surface area contributed by atoms with Crippen LogP contribution in [0.15, 0.2) is 71.2 Å². The molecule has 5 nitrogen and oxygen atoms in total. The number of carboxylic acid groups (broad SMARTS) is 1. The van der Waals surface area contributed by atoms with E-state index in [2.05, 4.69) is 67.9 Å². The summed E-state index contributed by atoms with van der Waals surface area (Å²) in [5.41, 5.74) is 4.48. The number of carboxylic acids is 1. The summed E-state index contributed by atoms with van der Waals surface area (Å²) in [6.07, 6.45) is 1.43. The van der Waals surface area contributed by atoms with Crippen molar-refractivity contribution in [3.05, 3.63) is 99.0 Å². The molecule has 0 saturated carbocycles. The van der Waals surface area contributed by atoms with E-state index in [4.69, 9.17) is 4.74 Å². The molecule has 0 aliphatic carbocycles. The third-order valence-electron chi connectivity index (χ3n) is 6.50. The van der Waals surface area contributed by atoms with Gasteiger partial charge in [0.15, 0.2) is 0 Å². The molecule has 1 aliphatic heterocycles. The van der Waals surface area contributed by atoms with Gasteiger partial charge in [0.25, 0.3) is 5.91 Å². The standard InChI is InChI=1S/C30H32BrNO4/c1-29(2,3)24-11-8-20(9-12-24)16-30(4)17-23-15-22(10-13-26(23)36-30)28(35)32(19-27(33)34)18-21-6-5-7-25(31)14-21/h5-15H,16-19H2,1-4H3,(H,33,34)/t30-/m1/s1. The molecule has 1 heterocycles. The van der Waals surface area contributed by atoms with Gasteiger partial charge in [-0.2, -0.15) is 0 Å². The van der Waals surface area contributed by atoms with Gasteiger partial charge in [0.1, 0.15) is 17.9 Å². The third kappa shape index (κ3) is 6.16. The predicted molar refractivity (Wildman–Crippen MR) is 145 cm³/mol. The van der Waals surface area contributed by atoms with Crippen LogP contribution in [0.5, 0.6) is 5.75 Å². The molecule has 36 heavy (non-hydrogen) atoms. The van der Waals surface area contributed by atoms with Gasteiger partial charge in [0, 0.05) is 29.4 Å². The maximum atomic E-state index is 13.3. The molecular weight excluding hydrogens is 518 g/mol. The zero-order valence-corrected chi connectivity index (χ0v) is 22.8. The monoisotopic (exact) mass is 549 g/mol. The van der Waals surface area contributed by atoms with Gasteiger partial charge >= 0.3 is 5.97 Å². The van der Waals surface area contributed by atoms with E-state index in [1.807, 2.05) is 36.4 Å². The van der Waals surface area contributed by atoms with Crippen molar-refractivity contribution in [2.45, 2.75) is 58.1 Å². The largest absolute Gasteiger partial charge is 0.487 e. The summed E-state index contributed by atoms with van der Waals surface area (Å²) in [4.78, 5) is 26.2. The van der Waals surface area contributed by atoms with Crippen molar-refractivity contribution in [2.24, 2.45) is 0 Å². The molecule has 0 radical (unpaired) electrons. The number of aliphatic carboxylic acids is 1. The fraction of sp³-hybridized carbons (Fsp3) is 0.333. The molecule has 1 atom stereocenters. The van der Waals surface area contributed by atoms with Gasteiger partial charge < -0.3 is 14.7 Å². The summed E-state index contributed by atoms with van der Waals surface area (Å²) < 4.78 is 7.22. The Bertz CT molecular complexity index is 1280. The highest BCUT2D eigenvalue weighted by atomic mass is 79.9. The first kappa shape index (κ1) is 26.0. The Morgan fingerprint density at radius 2 is 1.75 bits per heavy atom. The van der Waals surface area contributed by atoms with E-state index in [0.717, 1.165) is 27.8 Å². The molecule has 0 aromatic heterocycles. The quantitative estimate of drug-likeness (QED) is 0.369. The van der Waals surface area contributed by atoms with Crippen LogP contribution < -0.4 is 4.74 Å². The Morgan fingerprint density at radius 3 is 2.39 bits per heavy atom. The van der Waals surface area contributed by atoms with Crippen molar-refractivity contribution in [3.8, 4) is 5.75 Å². The predicted octanol–water partition coefficient (Wildman–Crippen LogP) is 6.41. The zero-order valence-electron chi connectivity index (χ0n) is 21.2. The van der Waals surface area contributed by atoms with Gasteiger partial charge in [-0.1, -0.05) is 73.1 Å². The van der Waals surface area contributed by atoms with Crippen LogP contribution in [0.3, 0.4) is 0 Å². The smallest absolute Gasteiger partial charge is 0.323 e. The minimum atomic E-state index is -1.05. The Hall–Kier alpha value is -3.12. The Morgan fingerprint density at radius 1 is 1.03 bits per heavy atom. The number of benzene rings is 3. The van der Waals surface area contributed by atoms with Gasteiger partial charge in [-0.25, -0.2) is 0 Å². The van der Waals surface area contributed by atoms with Crippen LogP contribution >= 0.6 is 15.9 Å². The van der Waals surface area contributed by atoms with Crippen LogP contribution in [0.1, 0.15) is 60.3 Å². The maximum absolute atomic E-state index is 13.3. The topological polar surface area (TPSA) is 66.8 Å². The fourth-order valence-corrected chi connectivity index (χ4v) is 5.16. The number of hydrogen-bond acceptors (Lipinski definition) is 3. The summed E-state index contributed by atoms with van der Waals surface area (Å²) in [6.45, 7) is 8.54. The second-order valence-electron chi connectivity index (χ2n) is 10.9. The van der Waals surface area contributed by atoms with E-state index >= 15 is 0 Å². The van der Waals surface area contributed by atoms with Crippen LogP contribution in [-0.4, -0.2) is 34.0 Å². The Balaban J connectivity index is 1.50. The first-order chi connectivity index (χ1) is 16.9. The van der Waals surface area contributed by atoms with Gasteiger partial charge in [0.2, 0.25) is 0 Å². The lowest BCUT2D eigenvalue weighted by Crippen LogP contribution is -2.35. The maximum Gasteiger partial charge on any atom is 0.323 e. The number of ether oxygens (including phenoxy) is 1. The SMILES string of the molecule is CC(C)(C)c1ccc(C[C@]2(C)Cc3cc(C(=O)N(CC(=O)O)Cc4cccc(Br)c4)ccc3O2)cc1. The number of amides is 1. The van der Waals surface area contributed by atoms with E-state index < -0.39 is 11.6 Å². The lowest BCUT2D eigenvalue weighted by Gasteiger charge is -2.25. The van der Waals surface area contributed by atoms with E-state index in [9.17, 15) is 14.7 Å². The van der Waals surface area contributed by atoms with Crippen LogP contribution in [0.2, 0.25) is 0 Å². The van der Waals surface area contributed by atoms with Crippen molar-refractivity contribution in [3.63, 3.8) is 0 Å². The van der Waals surface area contributed by atoms with Gasteiger partial charge in [-0.05, 0) is 64.9 Å². The van der Waals surface area contributed by atoms with Crippen molar-refractivity contribution >= 4 is 27.8 Å². The minimum Gasteiger partial charge on any atom is -0.487 e. The van der Waals surface area contributed by atoms with Gasteiger partial charge in [-0.3, -0.25) is 9.59 Å². The molecule has 3 aromatic carbocycles. The van der Waals surface area contributed by atoms with Crippen molar-refractivity contribution in [1.29, 1.82) is 0 Å². The number of carbonyl (C=O) groups excluding carboxylic acids is 1. The number of rotatable bonds is 7. The van der Waals surface area contributed by atoms with Gasteiger partial charge in [0.05, 0.1) is 0 Å². The molecule has 188 valence electrons. The van der Waals surface area contributed by atoms with E-state index in [1.54, 1.807) is 6.07 Å². The number of halogens is 1. The van der Waals surface area contributed by atoms with Gasteiger partial charge in [-0.15, -0.1) is 0 Å². The number of carbonyl (C=O) groups is 2. The van der Waals surface area contributed by atoms with E-state index in [0.29, 0.717) is 12.0 Å². The number of nitrogens with zero attached hydrogens (tertiary/aromatic N) is 1. The summed E-state index contributed by atoms with van der Waals surface area (Å²) in [5, 5.41) is 9.41. The Labute approximate surface area is 221 Å². The highest BCUT2D eigenvalue weighted by Gasteiger charge is 2.35. The van der Waals surface area contributed by atoms with E-state index in [-0.39, 0.29) is 24.4 Å². The lowest BCUT2D eigenvalue weighted by molar-refractivity contribution is -0.137. The summed E-state index contributed by atoms with van der Waals surface area (Å²) in [5.74, 6) is -0.587. The fourth-order valence-electron chi connectivity index (χ4n) is 4.71. The lowest BCUT2D eigenvalue weighted by atomic mass is 9.85. The molecule has 0 saturated heterocycles. The van der Waals surface area contributed by atoms with Crippen molar-refractivity contribution in [1.82, 2.24) is 4.90 Å². The molecule has 0 unspecified atom stereocenters. The molecule has 1 aliphatic rings. The molecule has 1 N–H and O–H groups in total. The molecule has 4 rings (SSSR count). The molecule has 0 fully saturated rings. The number of hydrogen-bond donors (Lipinski definition) is 1. The average Bonchev–Trinajstić information content (AvgIpc) is 3.12. The summed E-state index contributed by atoms with van der Waals surface area (Å²) in [6, 6.07) is 21.6. The van der Waals surface area contributed by atoms with E-state index in [1.165, 1.54) is 16.0 Å². The second kappa shape index (κ2) is 10.1. The first-order valence-corrected chi connectivity index (χ1v) is 12.9. The highest BCUT2D eigenvalue weighted by molar-refractivity contribution is 9.10. The molecule has 6 heteroatoms. The number of fused-ring (bicyclic) bond motifs is 1. The Kier molecular flexibility index (Phi) is 7.28. The van der Waals surface area contributed by atoms with Crippen molar-refractivity contribution in [2.75, 3.05) is 6.54 Å². The van der Waals surface area contributed by atoms with Crippen molar-refractivity contribution < 1.29 is 19.4 Å². The summed E-state index contributed by atoms with van der Waals surface area (Å²) in [7, 11) is 0. The average molecular weight is 550 g/mol. The second-order valence-corrected chi connectivity index (χ2v) is 11.8. The molecule has 0 spiro atoms. The molecule has 3 aromatic rings. The molecule has 0 bridgehead atoms. The van der Waals surface area contributed by atoms with Crippen LogP contribution in [0.4, 0.5) is 0 Å². The minimum absolute atomic E-state index is 0.108. The first-order valence-electron chi connectivity index (χ1n) is 12.1. The van der Waals surface area contributed by atoms with Crippen LogP contribution in [-0.2, 0) is 29.6 Å². The molecular formula is C30H32BrNO4. The third-order valence-corrected chi connectivity index (χ3v) is 7.00. The highest BCUT2D eigenvalue weighted by Crippen LogP contribution is 2.38. The molecule has 1 amide bonds. The van der Waals surface area contributed by atoms with Crippen LogP contribution in [0.25, 0.3) is 0 Å². The van der Waals surface area contributed by atoms with Crippen LogP contribution in [0, 0.1) is 0 Å². The zero-order chi connectivity index (χ0) is 26.1. The normalized spacial score (nSPS) is 16.8. The summed E-state index contributed by atoms with van der Waals surface area (Å²) >= 11 is 3.43.